The molecule has 1 amide bonds. The van der Waals surface area contributed by atoms with E-state index in [-0.39, 0.29) is 11.7 Å². The summed E-state index contributed by atoms with van der Waals surface area (Å²) in [6, 6.07) is 13.9. The number of benzene rings is 2. The molecule has 0 aliphatic heterocycles. The molecule has 5 heteroatoms. The second-order valence-electron chi connectivity index (χ2n) is 4.07. The average molecular weight is 289 g/mol. The number of hydrazone groups is 1. The maximum Gasteiger partial charge on any atom is 0.271 e. The van der Waals surface area contributed by atoms with Gasteiger partial charge in [-0.1, -0.05) is 41.9 Å². The molecule has 2 aromatic carbocycles. The molecule has 0 radical (unpaired) electrons. The Labute approximate surface area is 121 Å². The van der Waals surface area contributed by atoms with E-state index in [0.29, 0.717) is 22.6 Å². The van der Waals surface area contributed by atoms with E-state index in [2.05, 4.69) is 10.5 Å². The highest BCUT2D eigenvalue weighted by atomic mass is 35.5. The van der Waals surface area contributed by atoms with E-state index in [1.807, 2.05) is 6.07 Å². The first-order chi connectivity index (χ1) is 9.68. The van der Waals surface area contributed by atoms with E-state index >= 15 is 0 Å². The number of carbonyl (C=O) groups is 1. The van der Waals surface area contributed by atoms with Gasteiger partial charge in [0, 0.05) is 23.8 Å². The van der Waals surface area contributed by atoms with Crippen LogP contribution in [0.4, 0.5) is 0 Å². The summed E-state index contributed by atoms with van der Waals surface area (Å²) in [6.45, 7) is 0. The Morgan fingerprint density at radius 1 is 1.20 bits per heavy atom. The maximum atomic E-state index is 11.7. The van der Waals surface area contributed by atoms with E-state index in [1.165, 1.54) is 6.21 Å². The van der Waals surface area contributed by atoms with Gasteiger partial charge in [0.25, 0.3) is 5.91 Å². The van der Waals surface area contributed by atoms with Gasteiger partial charge in [0.05, 0.1) is 5.02 Å². The van der Waals surface area contributed by atoms with Crippen molar-refractivity contribution < 1.29 is 9.90 Å². The molecule has 0 aromatic heterocycles. The molecule has 0 aliphatic rings. The molecule has 2 aromatic rings. The largest absolute Gasteiger partial charge is 0.506 e. The molecule has 20 heavy (non-hydrogen) atoms. The minimum Gasteiger partial charge on any atom is -0.506 e. The van der Waals surface area contributed by atoms with Crippen molar-refractivity contribution in [1.29, 1.82) is 0 Å². The summed E-state index contributed by atoms with van der Waals surface area (Å²) in [5.74, 6) is -0.243. The van der Waals surface area contributed by atoms with Crippen molar-refractivity contribution in [2.24, 2.45) is 5.10 Å². The van der Waals surface area contributed by atoms with Crippen LogP contribution >= 0.6 is 11.6 Å². The third-order valence-electron chi connectivity index (χ3n) is 2.67. The fraction of sp³-hybridized carbons (Fsp3) is 0.0667. The molecular formula is C15H13ClN2O2. The number of amides is 1. The number of nitrogens with zero attached hydrogens (tertiary/aromatic N) is 1. The molecule has 0 bridgehead atoms. The van der Waals surface area contributed by atoms with Gasteiger partial charge in [-0.05, 0) is 18.2 Å². The third-order valence-corrected chi connectivity index (χ3v) is 2.98. The first kappa shape index (κ1) is 14.1. The number of para-hydroxylation sites is 1. The SMILES string of the molecule is O=C(NN=CCc1cccc(Cl)c1O)c1ccccc1. The molecule has 0 saturated heterocycles. The lowest BCUT2D eigenvalue weighted by Gasteiger charge is -2.02. The zero-order valence-corrected chi connectivity index (χ0v) is 11.3. The Kier molecular flexibility index (Phi) is 4.74. The van der Waals surface area contributed by atoms with Gasteiger partial charge >= 0.3 is 0 Å². The topological polar surface area (TPSA) is 61.7 Å². The predicted octanol–water partition coefficient (Wildman–Crippen LogP) is 3.00. The van der Waals surface area contributed by atoms with Gasteiger partial charge in [-0.2, -0.15) is 5.10 Å². The van der Waals surface area contributed by atoms with Crippen LogP contribution in [0.15, 0.2) is 53.6 Å². The van der Waals surface area contributed by atoms with Gasteiger partial charge in [0.15, 0.2) is 0 Å². The van der Waals surface area contributed by atoms with Crippen LogP contribution in [0.1, 0.15) is 15.9 Å². The van der Waals surface area contributed by atoms with Gasteiger partial charge in [-0.15, -0.1) is 0 Å². The molecule has 0 heterocycles. The quantitative estimate of drug-likeness (QED) is 0.671. The zero-order valence-electron chi connectivity index (χ0n) is 10.6. The predicted molar refractivity (Wildman–Crippen MR) is 79.2 cm³/mol. The van der Waals surface area contributed by atoms with Gasteiger partial charge < -0.3 is 5.11 Å². The molecule has 0 unspecified atom stereocenters. The van der Waals surface area contributed by atoms with Crippen molar-refractivity contribution >= 4 is 23.7 Å². The van der Waals surface area contributed by atoms with Gasteiger partial charge in [0.2, 0.25) is 0 Å². The van der Waals surface area contributed by atoms with Crippen LogP contribution in [0, 0.1) is 0 Å². The summed E-state index contributed by atoms with van der Waals surface area (Å²) in [4.78, 5) is 11.7. The van der Waals surface area contributed by atoms with Crippen LogP contribution in [0.2, 0.25) is 5.02 Å². The minimum absolute atomic E-state index is 0.0370. The van der Waals surface area contributed by atoms with E-state index in [0.717, 1.165) is 0 Å². The molecule has 0 saturated carbocycles. The first-order valence-corrected chi connectivity index (χ1v) is 6.39. The van der Waals surface area contributed by atoms with E-state index in [9.17, 15) is 9.90 Å². The molecule has 0 atom stereocenters. The molecule has 0 fully saturated rings. The lowest BCUT2D eigenvalue weighted by atomic mass is 10.1. The first-order valence-electron chi connectivity index (χ1n) is 6.02. The number of aromatic hydroxyl groups is 1. The number of hydrogen-bond acceptors (Lipinski definition) is 3. The van der Waals surface area contributed by atoms with Crippen LogP contribution in [0.25, 0.3) is 0 Å². The highest BCUT2D eigenvalue weighted by Gasteiger charge is 2.04. The number of halogens is 1. The summed E-state index contributed by atoms with van der Waals surface area (Å²) < 4.78 is 0. The number of rotatable bonds is 4. The Morgan fingerprint density at radius 3 is 2.70 bits per heavy atom. The Morgan fingerprint density at radius 2 is 1.95 bits per heavy atom. The van der Waals surface area contributed by atoms with Crippen molar-refractivity contribution in [2.45, 2.75) is 6.42 Å². The van der Waals surface area contributed by atoms with Gasteiger partial charge in [0.1, 0.15) is 5.75 Å². The summed E-state index contributed by atoms with van der Waals surface area (Å²) >= 11 is 5.79. The van der Waals surface area contributed by atoms with Crippen molar-refractivity contribution in [3.8, 4) is 5.75 Å². The Bertz CT molecular complexity index is 627. The smallest absolute Gasteiger partial charge is 0.271 e. The van der Waals surface area contributed by atoms with Crippen LogP contribution in [-0.4, -0.2) is 17.2 Å². The normalized spacial score (nSPS) is 10.7. The minimum atomic E-state index is -0.280. The molecule has 4 nitrogen and oxygen atoms in total. The monoisotopic (exact) mass is 288 g/mol. The van der Waals surface area contributed by atoms with Gasteiger partial charge in [-0.3, -0.25) is 4.79 Å². The zero-order chi connectivity index (χ0) is 14.4. The third kappa shape index (κ3) is 3.59. The van der Waals surface area contributed by atoms with Crippen molar-refractivity contribution in [2.75, 3.05) is 0 Å². The lowest BCUT2D eigenvalue weighted by Crippen LogP contribution is -2.17. The molecule has 0 aliphatic carbocycles. The number of carbonyl (C=O) groups excluding carboxylic acids is 1. The Hall–Kier alpha value is -2.33. The lowest BCUT2D eigenvalue weighted by molar-refractivity contribution is 0.0955. The highest BCUT2D eigenvalue weighted by molar-refractivity contribution is 6.32. The number of nitrogens with one attached hydrogen (secondary N) is 1. The fourth-order valence-electron chi connectivity index (χ4n) is 1.63. The number of hydrogen-bond donors (Lipinski definition) is 2. The molecule has 0 spiro atoms. The van der Waals surface area contributed by atoms with Crippen LogP contribution in [0.3, 0.4) is 0 Å². The maximum absolute atomic E-state index is 11.7. The van der Waals surface area contributed by atoms with Crippen LogP contribution in [0.5, 0.6) is 5.75 Å². The molecule has 102 valence electrons. The van der Waals surface area contributed by atoms with Crippen LogP contribution in [-0.2, 0) is 6.42 Å². The van der Waals surface area contributed by atoms with E-state index < -0.39 is 0 Å². The molecular weight excluding hydrogens is 276 g/mol. The fourth-order valence-corrected chi connectivity index (χ4v) is 1.82. The average Bonchev–Trinajstić information content (AvgIpc) is 2.48. The van der Waals surface area contributed by atoms with Crippen molar-refractivity contribution in [1.82, 2.24) is 5.43 Å². The van der Waals surface area contributed by atoms with E-state index in [1.54, 1.807) is 42.5 Å². The summed E-state index contributed by atoms with van der Waals surface area (Å²) in [5.41, 5.74) is 3.60. The highest BCUT2D eigenvalue weighted by Crippen LogP contribution is 2.26. The van der Waals surface area contributed by atoms with Crippen LogP contribution < -0.4 is 5.43 Å². The summed E-state index contributed by atoms with van der Waals surface area (Å²) in [7, 11) is 0. The Balaban J connectivity index is 1.92. The van der Waals surface area contributed by atoms with Gasteiger partial charge in [-0.25, -0.2) is 5.43 Å². The standard InChI is InChI=1S/C15H13ClN2O2/c16-13-8-4-7-11(14(13)19)9-10-17-18-15(20)12-5-2-1-3-6-12/h1-8,10,19H,9H2,(H,18,20). The summed E-state index contributed by atoms with van der Waals surface area (Å²) in [5, 5.41) is 13.8. The summed E-state index contributed by atoms with van der Waals surface area (Å²) in [6.07, 6.45) is 1.88. The second-order valence-corrected chi connectivity index (χ2v) is 4.48. The van der Waals surface area contributed by atoms with Crippen molar-refractivity contribution in [3.63, 3.8) is 0 Å². The second kappa shape index (κ2) is 6.73. The molecule has 2 rings (SSSR count). The molecule has 2 N–H and O–H groups in total. The van der Waals surface area contributed by atoms with Crippen molar-refractivity contribution in [3.05, 3.63) is 64.7 Å². The van der Waals surface area contributed by atoms with E-state index in [4.69, 9.17) is 11.6 Å². The number of phenolic OH excluding ortho intramolecular Hbond substituents is 1. The number of phenols is 1.